The van der Waals surface area contributed by atoms with Gasteiger partial charge in [0.2, 0.25) is 10.0 Å². The fraction of sp³-hybridized carbons (Fsp3) is 0.455. The van der Waals surface area contributed by atoms with Crippen molar-refractivity contribution in [1.82, 2.24) is 9.29 Å². The van der Waals surface area contributed by atoms with E-state index in [9.17, 15) is 23.3 Å². The minimum atomic E-state index is -3.80. The second-order valence-corrected chi connectivity index (χ2v) is 10.4. The highest BCUT2D eigenvalue weighted by Crippen LogP contribution is 2.33. The van der Waals surface area contributed by atoms with Gasteiger partial charge in [-0.15, -0.1) is 0 Å². The molecule has 2 aliphatic rings. The van der Waals surface area contributed by atoms with Crippen LogP contribution in [0.1, 0.15) is 36.0 Å². The molecule has 2 N–H and O–H groups in total. The van der Waals surface area contributed by atoms with Crippen LogP contribution in [0.3, 0.4) is 0 Å². The number of primary amides is 1. The van der Waals surface area contributed by atoms with Gasteiger partial charge in [-0.25, -0.2) is 13.4 Å². The Balaban J connectivity index is 1.55. The van der Waals surface area contributed by atoms with E-state index in [1.54, 1.807) is 18.3 Å². The molecule has 0 atom stereocenters. The number of piperazine rings is 1. The van der Waals surface area contributed by atoms with E-state index < -0.39 is 20.9 Å². The largest absolute Gasteiger partial charge is 0.365 e. The summed E-state index contributed by atoms with van der Waals surface area (Å²) in [5.41, 5.74) is 5.92. The molecule has 4 rings (SSSR count). The number of anilines is 2. The summed E-state index contributed by atoms with van der Waals surface area (Å²) in [6.07, 6.45) is 5.13. The highest BCUT2D eigenvalue weighted by atomic mass is 32.2. The Bertz CT molecular complexity index is 1170. The molecular weight excluding hydrogens is 460 g/mol. The maximum atomic E-state index is 13.1. The first-order valence-corrected chi connectivity index (χ1v) is 12.8. The average molecular weight is 489 g/mol. The molecule has 12 heteroatoms. The van der Waals surface area contributed by atoms with Crippen LogP contribution in [0, 0.1) is 10.1 Å². The van der Waals surface area contributed by atoms with Gasteiger partial charge in [-0.2, -0.15) is 4.31 Å². The van der Waals surface area contributed by atoms with Crippen LogP contribution in [0.5, 0.6) is 0 Å². The molecule has 0 saturated carbocycles. The number of hydrogen-bond donors (Lipinski definition) is 1. The number of amides is 1. The molecule has 182 valence electrons. The van der Waals surface area contributed by atoms with Gasteiger partial charge in [-0.05, 0) is 37.1 Å². The summed E-state index contributed by atoms with van der Waals surface area (Å²) < 4.78 is 27.7. The molecule has 2 saturated heterocycles. The van der Waals surface area contributed by atoms with Gasteiger partial charge in [0.15, 0.2) is 0 Å². The molecule has 1 aromatic heterocycles. The van der Waals surface area contributed by atoms with Gasteiger partial charge < -0.3 is 15.5 Å². The molecule has 0 aliphatic carbocycles. The van der Waals surface area contributed by atoms with Gasteiger partial charge in [0, 0.05) is 51.5 Å². The van der Waals surface area contributed by atoms with E-state index in [1.165, 1.54) is 22.5 Å². The predicted octanol–water partition coefficient (Wildman–Crippen LogP) is 1.98. The number of carbonyl (C=O) groups is 1. The van der Waals surface area contributed by atoms with Crippen LogP contribution in [-0.4, -0.2) is 67.8 Å². The van der Waals surface area contributed by atoms with Crippen molar-refractivity contribution in [3.05, 3.63) is 52.2 Å². The molecule has 11 nitrogen and oxygen atoms in total. The molecule has 1 aromatic carbocycles. The van der Waals surface area contributed by atoms with Crippen LogP contribution in [0.4, 0.5) is 17.2 Å². The Hall–Kier alpha value is -3.25. The third-order valence-electron chi connectivity index (χ3n) is 6.32. The lowest BCUT2D eigenvalue weighted by atomic mass is 10.2. The van der Waals surface area contributed by atoms with Crippen molar-refractivity contribution >= 4 is 33.1 Å². The van der Waals surface area contributed by atoms with E-state index in [0.717, 1.165) is 25.7 Å². The van der Waals surface area contributed by atoms with Crippen molar-refractivity contribution in [2.24, 2.45) is 5.73 Å². The van der Waals surface area contributed by atoms with Gasteiger partial charge in [0.05, 0.1) is 15.4 Å². The van der Waals surface area contributed by atoms with Gasteiger partial charge in [0.1, 0.15) is 11.5 Å². The second-order valence-electron chi connectivity index (χ2n) is 8.44. The number of carbonyl (C=O) groups excluding carboxylic acids is 1. The topological polar surface area (TPSA) is 143 Å². The van der Waals surface area contributed by atoms with Crippen molar-refractivity contribution < 1.29 is 18.1 Å². The van der Waals surface area contributed by atoms with E-state index in [0.29, 0.717) is 56.3 Å². The zero-order valence-corrected chi connectivity index (χ0v) is 19.6. The number of nitro benzene ring substituents is 1. The van der Waals surface area contributed by atoms with Gasteiger partial charge in [-0.1, -0.05) is 12.8 Å². The summed E-state index contributed by atoms with van der Waals surface area (Å²) in [6, 6.07) is 7.41. The number of benzene rings is 1. The number of hydrogen-bond acceptors (Lipinski definition) is 8. The molecule has 0 radical (unpaired) electrons. The highest BCUT2D eigenvalue weighted by molar-refractivity contribution is 7.89. The Labute approximate surface area is 198 Å². The van der Waals surface area contributed by atoms with Gasteiger partial charge in [0.25, 0.3) is 11.6 Å². The zero-order chi connectivity index (χ0) is 24.3. The van der Waals surface area contributed by atoms with E-state index in [-0.39, 0.29) is 10.6 Å². The number of sulfonamides is 1. The minimum absolute atomic E-state index is 0.0527. The summed E-state index contributed by atoms with van der Waals surface area (Å²) in [7, 11) is -3.80. The predicted molar refractivity (Wildman–Crippen MR) is 128 cm³/mol. The van der Waals surface area contributed by atoms with Crippen molar-refractivity contribution in [3.63, 3.8) is 0 Å². The molecule has 2 aliphatic heterocycles. The minimum Gasteiger partial charge on any atom is -0.365 e. The summed E-state index contributed by atoms with van der Waals surface area (Å²) >= 11 is 0. The van der Waals surface area contributed by atoms with Crippen LogP contribution < -0.4 is 15.5 Å². The maximum absolute atomic E-state index is 13.1. The van der Waals surface area contributed by atoms with Gasteiger partial charge >= 0.3 is 0 Å². The molecule has 0 spiro atoms. The van der Waals surface area contributed by atoms with Gasteiger partial charge in [-0.3, -0.25) is 14.9 Å². The van der Waals surface area contributed by atoms with Crippen LogP contribution in [0.2, 0.25) is 0 Å². The number of rotatable bonds is 6. The third-order valence-corrected chi connectivity index (χ3v) is 8.21. The molecular formula is C22H28N6O5S. The molecule has 3 heterocycles. The fourth-order valence-corrected chi connectivity index (χ4v) is 6.05. The quantitative estimate of drug-likeness (QED) is 0.480. The number of nitro groups is 1. The Morgan fingerprint density at radius 2 is 1.62 bits per heavy atom. The van der Waals surface area contributed by atoms with E-state index in [1.807, 2.05) is 9.80 Å². The Morgan fingerprint density at radius 3 is 2.24 bits per heavy atom. The number of nitrogens with two attached hydrogens (primary N) is 1. The molecule has 2 aromatic rings. The average Bonchev–Trinajstić information content (AvgIpc) is 3.14. The SMILES string of the molecule is NC(=O)c1cccnc1N1CCN(c2ccc(S(=O)(=O)N3CCCCCC3)cc2[N+](=O)[O-])CC1. The fourth-order valence-electron chi connectivity index (χ4n) is 4.51. The molecule has 0 unspecified atom stereocenters. The third kappa shape index (κ3) is 4.82. The summed E-state index contributed by atoms with van der Waals surface area (Å²) in [4.78, 5) is 31.1. The molecule has 1 amide bonds. The lowest BCUT2D eigenvalue weighted by Gasteiger charge is -2.37. The van der Waals surface area contributed by atoms with Crippen molar-refractivity contribution in [2.75, 3.05) is 49.1 Å². The smallest absolute Gasteiger partial charge is 0.293 e. The highest BCUT2D eigenvalue weighted by Gasteiger charge is 2.30. The Kier molecular flexibility index (Phi) is 6.98. The summed E-state index contributed by atoms with van der Waals surface area (Å²) in [5.74, 6) is -0.0783. The van der Waals surface area contributed by atoms with Crippen LogP contribution in [-0.2, 0) is 10.0 Å². The zero-order valence-electron chi connectivity index (χ0n) is 18.8. The standard InChI is InChI=1S/C22H28N6O5S/c23-21(29)18-6-5-9-24-22(18)26-14-12-25(13-15-26)19-8-7-17(16-20(19)28(30)31)34(32,33)27-10-3-1-2-4-11-27/h5-9,16H,1-4,10-15H2,(H2,23,29). The first-order valence-electron chi connectivity index (χ1n) is 11.3. The summed E-state index contributed by atoms with van der Waals surface area (Å²) in [6.45, 7) is 2.69. The normalized spacial score (nSPS) is 17.9. The van der Waals surface area contributed by atoms with Crippen molar-refractivity contribution in [1.29, 1.82) is 0 Å². The van der Waals surface area contributed by atoms with Crippen LogP contribution in [0.25, 0.3) is 0 Å². The maximum Gasteiger partial charge on any atom is 0.293 e. The lowest BCUT2D eigenvalue weighted by Crippen LogP contribution is -2.47. The first kappa shape index (κ1) is 23.9. The monoisotopic (exact) mass is 488 g/mol. The van der Waals surface area contributed by atoms with Crippen LogP contribution >= 0.6 is 0 Å². The van der Waals surface area contributed by atoms with Crippen LogP contribution in [0.15, 0.2) is 41.4 Å². The van der Waals surface area contributed by atoms with E-state index in [4.69, 9.17) is 5.73 Å². The first-order chi connectivity index (χ1) is 16.3. The molecule has 0 bridgehead atoms. The number of pyridine rings is 1. The Morgan fingerprint density at radius 1 is 0.971 bits per heavy atom. The number of nitrogens with zero attached hydrogens (tertiary/aromatic N) is 5. The lowest BCUT2D eigenvalue weighted by molar-refractivity contribution is -0.384. The summed E-state index contributed by atoms with van der Waals surface area (Å²) in [5, 5.41) is 11.9. The van der Waals surface area contributed by atoms with Crippen molar-refractivity contribution in [2.45, 2.75) is 30.6 Å². The molecule has 2 fully saturated rings. The second kappa shape index (κ2) is 9.94. The number of aromatic nitrogens is 1. The van der Waals surface area contributed by atoms with Crippen molar-refractivity contribution in [3.8, 4) is 0 Å². The van der Waals surface area contributed by atoms with E-state index >= 15 is 0 Å². The van der Waals surface area contributed by atoms with E-state index in [2.05, 4.69) is 4.98 Å². The molecule has 34 heavy (non-hydrogen) atoms.